The Labute approximate surface area is 140 Å². The van der Waals surface area contributed by atoms with Gasteiger partial charge in [0.2, 0.25) is 0 Å². The van der Waals surface area contributed by atoms with Crippen molar-refractivity contribution in [3.05, 3.63) is 33.0 Å². The van der Waals surface area contributed by atoms with Crippen LogP contribution in [0.4, 0.5) is 5.82 Å². The molecule has 21 heavy (non-hydrogen) atoms. The summed E-state index contributed by atoms with van der Waals surface area (Å²) in [7, 11) is 1.64. The van der Waals surface area contributed by atoms with E-state index in [0.29, 0.717) is 18.1 Å². The van der Waals surface area contributed by atoms with Crippen molar-refractivity contribution in [1.29, 1.82) is 0 Å². The van der Waals surface area contributed by atoms with Crippen LogP contribution in [0, 0.1) is 0 Å². The number of methoxy groups -OCH3 is 1. The van der Waals surface area contributed by atoms with Crippen LogP contribution in [0.1, 0.15) is 19.0 Å². The van der Waals surface area contributed by atoms with E-state index in [-0.39, 0.29) is 0 Å². The van der Waals surface area contributed by atoms with Gasteiger partial charge in [-0.3, -0.25) is 4.98 Å². The molecule has 0 aromatic carbocycles. The van der Waals surface area contributed by atoms with Crippen molar-refractivity contribution in [2.75, 3.05) is 19.0 Å². The van der Waals surface area contributed by atoms with Gasteiger partial charge in [0.1, 0.15) is 11.5 Å². The highest BCUT2D eigenvalue weighted by Gasteiger charge is 2.15. The lowest BCUT2D eigenvalue weighted by Crippen LogP contribution is -2.08. The summed E-state index contributed by atoms with van der Waals surface area (Å²) in [6.45, 7) is 3.35. The summed E-state index contributed by atoms with van der Waals surface area (Å²) in [5.41, 5.74) is 1.50. The van der Waals surface area contributed by atoms with Gasteiger partial charge in [0.05, 0.1) is 16.8 Å². The first-order valence-corrected chi connectivity index (χ1v) is 8.16. The minimum absolute atomic E-state index is 0.404. The van der Waals surface area contributed by atoms with Crippen LogP contribution >= 0.6 is 31.9 Å². The third kappa shape index (κ3) is 3.99. The normalized spacial score (nSPS) is 10.7. The number of nitrogens with zero attached hydrogens (tertiary/aromatic N) is 3. The monoisotopic (exact) mass is 414 g/mol. The molecule has 0 radical (unpaired) electrons. The van der Waals surface area contributed by atoms with Crippen LogP contribution in [-0.2, 0) is 11.3 Å². The molecular formula is C14H16Br2N4O. The van der Waals surface area contributed by atoms with Crippen molar-refractivity contribution in [2.24, 2.45) is 0 Å². The highest BCUT2D eigenvalue weighted by Crippen LogP contribution is 2.29. The van der Waals surface area contributed by atoms with Crippen LogP contribution in [0.15, 0.2) is 27.3 Å². The Balaban J connectivity index is 2.50. The highest BCUT2D eigenvalue weighted by molar-refractivity contribution is 9.11. The number of hydrogen-bond acceptors (Lipinski definition) is 5. The Bertz CT molecular complexity index is 622. The maximum atomic E-state index is 5.21. The van der Waals surface area contributed by atoms with Gasteiger partial charge in [0, 0.05) is 24.3 Å². The van der Waals surface area contributed by atoms with Crippen molar-refractivity contribution in [3.8, 4) is 11.5 Å². The van der Waals surface area contributed by atoms with Gasteiger partial charge in [0.15, 0.2) is 5.82 Å². The van der Waals surface area contributed by atoms with Gasteiger partial charge in [-0.2, -0.15) is 0 Å². The summed E-state index contributed by atoms with van der Waals surface area (Å²) < 4.78 is 6.89. The molecule has 2 heterocycles. The minimum atomic E-state index is 0.404. The molecule has 0 bridgehead atoms. The van der Waals surface area contributed by atoms with E-state index in [1.807, 2.05) is 12.1 Å². The van der Waals surface area contributed by atoms with Crippen LogP contribution in [0.3, 0.4) is 0 Å². The van der Waals surface area contributed by atoms with Gasteiger partial charge in [-0.05, 0) is 50.4 Å². The van der Waals surface area contributed by atoms with E-state index < -0.39 is 0 Å². The van der Waals surface area contributed by atoms with Crippen LogP contribution < -0.4 is 5.32 Å². The summed E-state index contributed by atoms with van der Waals surface area (Å²) in [5.74, 6) is 1.32. The van der Waals surface area contributed by atoms with Gasteiger partial charge >= 0.3 is 0 Å². The zero-order valence-electron chi connectivity index (χ0n) is 11.9. The molecule has 0 saturated heterocycles. The molecule has 7 heteroatoms. The fourth-order valence-electron chi connectivity index (χ4n) is 1.74. The van der Waals surface area contributed by atoms with Crippen LogP contribution in [0.2, 0.25) is 0 Å². The number of pyridine rings is 1. The van der Waals surface area contributed by atoms with Gasteiger partial charge < -0.3 is 10.1 Å². The molecule has 0 saturated carbocycles. The van der Waals surface area contributed by atoms with Gasteiger partial charge in [-0.25, -0.2) is 9.97 Å². The lowest BCUT2D eigenvalue weighted by atomic mass is 10.3. The first kappa shape index (κ1) is 16.3. The quantitative estimate of drug-likeness (QED) is 0.771. The van der Waals surface area contributed by atoms with E-state index >= 15 is 0 Å². The van der Waals surface area contributed by atoms with Crippen LogP contribution in [0.25, 0.3) is 11.5 Å². The minimum Gasteiger partial charge on any atom is -0.378 e. The molecule has 0 fully saturated rings. The second-order valence-corrected chi connectivity index (χ2v) is 6.00. The fraction of sp³-hybridized carbons (Fsp3) is 0.357. The van der Waals surface area contributed by atoms with E-state index in [0.717, 1.165) is 33.4 Å². The van der Waals surface area contributed by atoms with Gasteiger partial charge in [-0.1, -0.05) is 6.92 Å². The van der Waals surface area contributed by atoms with Crippen molar-refractivity contribution < 1.29 is 4.74 Å². The van der Waals surface area contributed by atoms with E-state index in [1.165, 1.54) is 0 Å². The second-order valence-electron chi connectivity index (χ2n) is 4.35. The largest absolute Gasteiger partial charge is 0.378 e. The van der Waals surface area contributed by atoms with Gasteiger partial charge in [0.25, 0.3) is 0 Å². The molecule has 1 N–H and O–H groups in total. The van der Waals surface area contributed by atoms with Gasteiger partial charge in [-0.15, -0.1) is 0 Å². The van der Waals surface area contributed by atoms with E-state index in [4.69, 9.17) is 4.74 Å². The molecule has 0 amide bonds. The predicted octanol–water partition coefficient (Wildman–Crippen LogP) is 4.03. The third-order valence-corrected chi connectivity index (χ3v) is 4.19. The lowest BCUT2D eigenvalue weighted by Gasteiger charge is -2.12. The topological polar surface area (TPSA) is 59.9 Å². The maximum absolute atomic E-state index is 5.21. The maximum Gasteiger partial charge on any atom is 0.181 e. The molecule has 112 valence electrons. The molecule has 2 aromatic rings. The van der Waals surface area contributed by atoms with Crippen molar-refractivity contribution >= 4 is 37.7 Å². The zero-order chi connectivity index (χ0) is 15.2. The highest BCUT2D eigenvalue weighted by atomic mass is 79.9. The Morgan fingerprint density at radius 3 is 2.76 bits per heavy atom. The number of rotatable bonds is 6. The van der Waals surface area contributed by atoms with E-state index in [1.54, 1.807) is 13.3 Å². The van der Waals surface area contributed by atoms with E-state index in [9.17, 15) is 0 Å². The van der Waals surface area contributed by atoms with Crippen molar-refractivity contribution in [2.45, 2.75) is 20.0 Å². The number of nitrogens with one attached hydrogen (secondary N) is 1. The summed E-state index contributed by atoms with van der Waals surface area (Å²) in [6.07, 6.45) is 2.74. The lowest BCUT2D eigenvalue weighted by molar-refractivity contribution is 0.181. The molecule has 0 spiro atoms. The molecular weight excluding hydrogens is 400 g/mol. The summed E-state index contributed by atoms with van der Waals surface area (Å²) in [4.78, 5) is 13.5. The molecule has 0 aliphatic rings. The molecule has 0 unspecified atom stereocenters. The number of aromatic nitrogens is 3. The first-order valence-electron chi connectivity index (χ1n) is 6.57. The average molecular weight is 416 g/mol. The van der Waals surface area contributed by atoms with Crippen molar-refractivity contribution in [3.63, 3.8) is 0 Å². The Kier molecular flexibility index (Phi) is 6.08. The van der Waals surface area contributed by atoms with Crippen molar-refractivity contribution in [1.82, 2.24) is 15.0 Å². The molecule has 0 aliphatic carbocycles. The molecule has 5 nitrogen and oxygen atoms in total. The molecule has 2 rings (SSSR count). The number of hydrogen-bond donors (Lipinski definition) is 1. The Hall–Kier alpha value is -1.05. The second kappa shape index (κ2) is 7.82. The SMILES string of the molecule is CCCNc1nc(-c2ncccc2Br)nc(COC)c1Br. The standard InChI is InChI=1S/C14H16Br2N4O/c1-3-6-18-13-11(16)10(8-21-2)19-14(20-13)12-9(15)5-4-7-17-12/h4-5,7H,3,6,8H2,1-2H3,(H,18,19,20). The van der Waals surface area contributed by atoms with Crippen LogP contribution in [0.5, 0.6) is 0 Å². The molecule has 0 atom stereocenters. The zero-order valence-corrected chi connectivity index (χ0v) is 15.0. The summed E-state index contributed by atoms with van der Waals surface area (Å²) in [5, 5.41) is 3.29. The predicted molar refractivity (Wildman–Crippen MR) is 90.2 cm³/mol. The Morgan fingerprint density at radius 1 is 1.29 bits per heavy atom. The Morgan fingerprint density at radius 2 is 2.10 bits per heavy atom. The number of halogens is 2. The summed E-state index contributed by atoms with van der Waals surface area (Å²) >= 11 is 7.02. The first-order chi connectivity index (χ1) is 10.2. The molecule has 0 aliphatic heterocycles. The number of anilines is 1. The van der Waals surface area contributed by atoms with E-state index in [2.05, 4.69) is 59.1 Å². The third-order valence-electron chi connectivity index (χ3n) is 2.71. The van der Waals surface area contributed by atoms with Crippen LogP contribution in [-0.4, -0.2) is 28.6 Å². The number of ether oxygens (including phenoxy) is 1. The smallest absolute Gasteiger partial charge is 0.181 e. The average Bonchev–Trinajstić information content (AvgIpc) is 2.49. The molecule has 2 aromatic heterocycles. The fourth-order valence-corrected chi connectivity index (χ4v) is 2.61. The summed E-state index contributed by atoms with van der Waals surface area (Å²) in [6, 6.07) is 3.78.